The first kappa shape index (κ1) is 20.5. The summed E-state index contributed by atoms with van der Waals surface area (Å²) < 4.78 is 14.1. The van der Waals surface area contributed by atoms with Crippen LogP contribution < -0.4 is 10.1 Å². The molecule has 1 aromatic heterocycles. The SMILES string of the molecule is CC(=O)NCCOc1nsnc1C1=CCCN(C)C1.O=C(O)C(=O)O. The average Bonchev–Trinajstić information content (AvgIpc) is 3.00. The molecule has 0 aromatic carbocycles. The van der Waals surface area contributed by atoms with Crippen LogP contribution in [0.15, 0.2) is 6.08 Å². The predicted octanol–water partition coefficient (Wildman–Crippen LogP) is -0.0725. The van der Waals surface area contributed by atoms with Crippen molar-refractivity contribution in [2.45, 2.75) is 13.3 Å². The van der Waals surface area contributed by atoms with Gasteiger partial charge in [0.1, 0.15) is 12.3 Å². The second kappa shape index (κ2) is 10.4. The minimum atomic E-state index is -1.82. The van der Waals surface area contributed by atoms with Crippen molar-refractivity contribution in [2.24, 2.45) is 0 Å². The van der Waals surface area contributed by atoms with Gasteiger partial charge >= 0.3 is 11.9 Å². The summed E-state index contributed by atoms with van der Waals surface area (Å²) in [4.78, 5) is 31.2. The zero-order valence-electron chi connectivity index (χ0n) is 13.9. The number of nitrogens with zero attached hydrogens (tertiary/aromatic N) is 3. The highest BCUT2D eigenvalue weighted by atomic mass is 32.1. The molecule has 1 amide bonds. The lowest BCUT2D eigenvalue weighted by Crippen LogP contribution is -2.26. The number of aliphatic carboxylic acids is 2. The number of aromatic nitrogens is 2. The summed E-state index contributed by atoms with van der Waals surface area (Å²) in [6.07, 6.45) is 3.21. The zero-order chi connectivity index (χ0) is 18.8. The molecule has 0 spiro atoms. The summed E-state index contributed by atoms with van der Waals surface area (Å²) in [7, 11) is 2.09. The molecule has 1 aliphatic rings. The Kier molecular flexibility index (Phi) is 8.50. The van der Waals surface area contributed by atoms with Gasteiger partial charge in [-0.1, -0.05) is 6.08 Å². The molecule has 1 aromatic rings. The van der Waals surface area contributed by atoms with Crippen molar-refractivity contribution in [1.82, 2.24) is 19.0 Å². The molecule has 0 atom stereocenters. The number of hydrogen-bond acceptors (Lipinski definition) is 8. The predicted molar refractivity (Wildman–Crippen MR) is 89.5 cm³/mol. The van der Waals surface area contributed by atoms with Crippen LogP contribution in [0.3, 0.4) is 0 Å². The summed E-state index contributed by atoms with van der Waals surface area (Å²) >= 11 is 1.15. The van der Waals surface area contributed by atoms with Gasteiger partial charge in [-0.05, 0) is 19.0 Å². The second-order valence-electron chi connectivity index (χ2n) is 5.12. The highest BCUT2D eigenvalue weighted by Crippen LogP contribution is 2.26. The van der Waals surface area contributed by atoms with E-state index in [9.17, 15) is 4.79 Å². The average molecular weight is 372 g/mol. The lowest BCUT2D eigenvalue weighted by Gasteiger charge is -2.22. The number of rotatable bonds is 5. The Morgan fingerprint density at radius 3 is 2.56 bits per heavy atom. The fourth-order valence-corrected chi connectivity index (χ4v) is 2.44. The molecule has 1 aliphatic heterocycles. The van der Waals surface area contributed by atoms with Gasteiger partial charge in [0.05, 0.1) is 18.3 Å². The van der Waals surface area contributed by atoms with E-state index in [1.165, 1.54) is 6.92 Å². The first-order valence-corrected chi connectivity index (χ1v) is 8.08. The number of carbonyl (C=O) groups excluding carboxylic acids is 1. The van der Waals surface area contributed by atoms with E-state index in [2.05, 4.69) is 32.1 Å². The van der Waals surface area contributed by atoms with Crippen LogP contribution in [0.2, 0.25) is 0 Å². The summed E-state index contributed by atoms with van der Waals surface area (Å²) in [6.45, 7) is 4.30. The van der Waals surface area contributed by atoms with Gasteiger partial charge < -0.3 is 25.2 Å². The van der Waals surface area contributed by atoms with Crippen LogP contribution in [-0.2, 0) is 14.4 Å². The minimum Gasteiger partial charge on any atom is -0.474 e. The number of carboxylic acids is 2. The van der Waals surface area contributed by atoms with E-state index in [1.54, 1.807) is 0 Å². The van der Waals surface area contributed by atoms with Crippen molar-refractivity contribution in [1.29, 1.82) is 0 Å². The van der Waals surface area contributed by atoms with E-state index in [0.29, 0.717) is 19.0 Å². The number of amides is 1. The lowest BCUT2D eigenvalue weighted by atomic mass is 10.1. The minimum absolute atomic E-state index is 0.0585. The molecular weight excluding hydrogens is 352 g/mol. The lowest BCUT2D eigenvalue weighted by molar-refractivity contribution is -0.159. The molecule has 25 heavy (non-hydrogen) atoms. The number of nitrogens with one attached hydrogen (secondary N) is 1. The molecule has 0 fully saturated rings. The number of hydrogen-bond donors (Lipinski definition) is 3. The van der Waals surface area contributed by atoms with E-state index in [1.807, 2.05) is 0 Å². The van der Waals surface area contributed by atoms with Gasteiger partial charge in [0.2, 0.25) is 5.91 Å². The Morgan fingerprint density at radius 1 is 1.32 bits per heavy atom. The molecule has 0 saturated heterocycles. The molecule has 0 aliphatic carbocycles. The van der Waals surface area contributed by atoms with Crippen LogP contribution in [-0.4, -0.2) is 75.0 Å². The molecule has 10 nitrogen and oxygen atoms in total. The van der Waals surface area contributed by atoms with E-state index in [4.69, 9.17) is 24.5 Å². The van der Waals surface area contributed by atoms with Crippen molar-refractivity contribution in [3.05, 3.63) is 11.8 Å². The van der Waals surface area contributed by atoms with Crippen LogP contribution in [0.1, 0.15) is 19.0 Å². The molecule has 0 bridgehead atoms. The van der Waals surface area contributed by atoms with E-state index < -0.39 is 11.9 Å². The van der Waals surface area contributed by atoms with Crippen molar-refractivity contribution in [2.75, 3.05) is 33.3 Å². The van der Waals surface area contributed by atoms with Gasteiger partial charge in [0.15, 0.2) is 0 Å². The molecule has 0 unspecified atom stereocenters. The highest BCUT2D eigenvalue weighted by molar-refractivity contribution is 6.99. The summed E-state index contributed by atoms with van der Waals surface area (Å²) in [6, 6.07) is 0. The van der Waals surface area contributed by atoms with Gasteiger partial charge in [-0.2, -0.15) is 4.37 Å². The number of likely N-dealkylation sites (N-methyl/N-ethyl adjacent to an activating group) is 1. The van der Waals surface area contributed by atoms with Gasteiger partial charge in [-0.15, -0.1) is 4.37 Å². The molecular formula is C14H20N4O6S. The summed E-state index contributed by atoms with van der Waals surface area (Å²) in [5.74, 6) is -3.14. The molecule has 0 saturated carbocycles. The molecule has 11 heteroatoms. The van der Waals surface area contributed by atoms with E-state index in [-0.39, 0.29) is 5.91 Å². The molecule has 3 N–H and O–H groups in total. The monoisotopic (exact) mass is 372 g/mol. The second-order valence-corrected chi connectivity index (χ2v) is 5.64. The largest absolute Gasteiger partial charge is 0.474 e. The van der Waals surface area contributed by atoms with Crippen molar-refractivity contribution in [3.63, 3.8) is 0 Å². The first-order valence-electron chi connectivity index (χ1n) is 7.35. The van der Waals surface area contributed by atoms with Gasteiger partial charge in [-0.25, -0.2) is 9.59 Å². The Hall–Kier alpha value is -2.53. The maximum Gasteiger partial charge on any atom is 0.414 e. The Labute approximate surface area is 148 Å². The third-order valence-corrected chi connectivity index (χ3v) is 3.51. The first-order chi connectivity index (χ1) is 11.8. The quantitative estimate of drug-likeness (QED) is 0.478. The van der Waals surface area contributed by atoms with Gasteiger partial charge in [0.25, 0.3) is 5.88 Å². The third-order valence-electron chi connectivity index (χ3n) is 3.00. The summed E-state index contributed by atoms with van der Waals surface area (Å²) in [5, 5.41) is 17.5. The molecule has 138 valence electrons. The Balaban J connectivity index is 0.000000450. The van der Waals surface area contributed by atoms with Crippen LogP contribution in [0, 0.1) is 0 Å². The van der Waals surface area contributed by atoms with E-state index >= 15 is 0 Å². The standard InChI is InChI=1S/C12H18N4O2S.C2H2O4/c1-9(17)13-5-7-18-12-11(14-19-15-12)10-4-3-6-16(2)8-10;3-1(4)2(5)6/h4H,3,5-8H2,1-2H3,(H,13,17);(H,3,4)(H,5,6). The third kappa shape index (κ3) is 7.72. The van der Waals surface area contributed by atoms with Crippen molar-refractivity contribution < 1.29 is 29.3 Å². The Bertz CT molecular complexity index is 633. The molecule has 0 radical (unpaired) electrons. The number of ether oxygens (including phenoxy) is 1. The number of carboxylic acid groups (broad SMARTS) is 2. The van der Waals surface area contributed by atoms with Crippen LogP contribution in [0.5, 0.6) is 5.88 Å². The normalized spacial score (nSPS) is 13.9. The van der Waals surface area contributed by atoms with Crippen LogP contribution in [0.4, 0.5) is 0 Å². The fourth-order valence-electron chi connectivity index (χ4n) is 1.91. The van der Waals surface area contributed by atoms with Gasteiger partial charge in [0, 0.05) is 20.0 Å². The van der Waals surface area contributed by atoms with Crippen LogP contribution in [0.25, 0.3) is 5.57 Å². The van der Waals surface area contributed by atoms with Crippen molar-refractivity contribution >= 4 is 35.1 Å². The van der Waals surface area contributed by atoms with Crippen LogP contribution >= 0.6 is 11.7 Å². The molecule has 2 heterocycles. The maximum atomic E-state index is 10.7. The fraction of sp³-hybridized carbons (Fsp3) is 0.500. The van der Waals surface area contributed by atoms with Gasteiger partial charge in [-0.3, -0.25) is 4.79 Å². The number of carbonyl (C=O) groups is 3. The highest BCUT2D eigenvalue weighted by Gasteiger charge is 2.18. The van der Waals surface area contributed by atoms with Crippen molar-refractivity contribution in [3.8, 4) is 5.88 Å². The maximum absolute atomic E-state index is 10.7. The topological polar surface area (TPSA) is 142 Å². The zero-order valence-corrected chi connectivity index (χ0v) is 14.7. The summed E-state index contributed by atoms with van der Waals surface area (Å²) in [5.41, 5.74) is 2.00. The Morgan fingerprint density at radius 2 is 2.00 bits per heavy atom. The molecule has 2 rings (SSSR count). The van der Waals surface area contributed by atoms with E-state index in [0.717, 1.165) is 42.5 Å². The smallest absolute Gasteiger partial charge is 0.414 e.